The number of rotatable bonds is 9. The van der Waals surface area contributed by atoms with Crippen LogP contribution in [0.1, 0.15) is 28.7 Å². The van der Waals surface area contributed by atoms with Gasteiger partial charge in [-0.2, -0.15) is 11.8 Å². The first kappa shape index (κ1) is 22.4. The molecule has 4 nitrogen and oxygen atoms in total. The van der Waals surface area contributed by atoms with Crippen molar-refractivity contribution in [2.75, 3.05) is 12.4 Å². The third kappa shape index (κ3) is 5.92. The van der Waals surface area contributed by atoms with Crippen LogP contribution in [0.4, 0.5) is 0 Å². The molecule has 2 aromatic carbocycles. The van der Waals surface area contributed by atoms with Crippen LogP contribution < -0.4 is 0 Å². The van der Waals surface area contributed by atoms with Gasteiger partial charge in [0.15, 0.2) is 5.79 Å². The van der Waals surface area contributed by atoms with Gasteiger partial charge < -0.3 is 14.0 Å². The topological polar surface area (TPSA) is 36.3 Å². The molecule has 0 bridgehead atoms. The summed E-state index contributed by atoms with van der Waals surface area (Å²) in [5.74, 6) is 1.28. The first-order valence-electron chi connectivity index (χ1n) is 10.7. The Balaban J connectivity index is 1.37. The maximum Gasteiger partial charge on any atom is 0.187 e. The molecule has 3 aromatic rings. The van der Waals surface area contributed by atoms with Gasteiger partial charge in [0.05, 0.1) is 25.6 Å². The maximum atomic E-state index is 6.55. The van der Waals surface area contributed by atoms with Gasteiger partial charge in [0.2, 0.25) is 0 Å². The molecule has 164 valence electrons. The zero-order valence-corrected chi connectivity index (χ0v) is 19.7. The van der Waals surface area contributed by atoms with Gasteiger partial charge in [-0.05, 0) is 54.7 Å². The Morgan fingerprint density at radius 3 is 2.65 bits per heavy atom. The number of hydrogen-bond acceptors (Lipinski definition) is 4. The molecule has 0 radical (unpaired) electrons. The summed E-state index contributed by atoms with van der Waals surface area (Å²) >= 11 is 7.95. The van der Waals surface area contributed by atoms with Crippen LogP contribution in [-0.4, -0.2) is 33.8 Å². The van der Waals surface area contributed by atoms with Gasteiger partial charge in [0, 0.05) is 35.3 Å². The van der Waals surface area contributed by atoms with Crippen LogP contribution in [0, 0.1) is 13.8 Å². The number of nitrogens with zero attached hydrogens (tertiary/aromatic N) is 2. The number of halogens is 1. The lowest BCUT2D eigenvalue weighted by atomic mass is 10.0. The van der Waals surface area contributed by atoms with Crippen molar-refractivity contribution in [3.8, 4) is 0 Å². The third-order valence-corrected chi connectivity index (χ3v) is 7.15. The lowest BCUT2D eigenvalue weighted by Gasteiger charge is -2.28. The molecular formula is C25H29ClN2O2S. The van der Waals surface area contributed by atoms with Crippen molar-refractivity contribution < 1.29 is 9.47 Å². The first-order chi connectivity index (χ1) is 15.0. The molecule has 2 atom stereocenters. The van der Waals surface area contributed by atoms with Gasteiger partial charge in [0.25, 0.3) is 0 Å². The van der Waals surface area contributed by atoms with E-state index in [0.717, 1.165) is 29.4 Å². The quantitative estimate of drug-likeness (QED) is 0.405. The van der Waals surface area contributed by atoms with E-state index in [9.17, 15) is 0 Å². The van der Waals surface area contributed by atoms with Crippen molar-refractivity contribution in [1.82, 2.24) is 9.55 Å². The van der Waals surface area contributed by atoms with Gasteiger partial charge >= 0.3 is 0 Å². The standard InChI is InChI=1S/C25H29ClN2O2S/c1-19-4-3-5-20(2)24(19)16-31-15-23-14-29-25(30-23,17-28-13-12-27-18-28)11-10-21-6-8-22(26)9-7-21/h3-9,12-13,18,23H,10-11,14-17H2,1-2H3. The number of thioether (sulfide) groups is 1. The fraction of sp³-hybridized carbons (Fsp3) is 0.400. The summed E-state index contributed by atoms with van der Waals surface area (Å²) in [5, 5.41) is 0.756. The molecule has 31 heavy (non-hydrogen) atoms. The minimum atomic E-state index is -0.635. The molecule has 4 rings (SSSR count). The molecule has 0 spiro atoms. The molecule has 0 aliphatic carbocycles. The smallest absolute Gasteiger partial charge is 0.187 e. The van der Waals surface area contributed by atoms with Crippen LogP contribution in [-0.2, 0) is 28.2 Å². The number of aryl methyl sites for hydroxylation is 3. The van der Waals surface area contributed by atoms with Gasteiger partial charge in [-0.15, -0.1) is 0 Å². The molecule has 0 saturated carbocycles. The maximum absolute atomic E-state index is 6.55. The van der Waals surface area contributed by atoms with Crippen molar-refractivity contribution in [3.63, 3.8) is 0 Å². The fourth-order valence-electron chi connectivity index (χ4n) is 4.01. The highest BCUT2D eigenvalue weighted by molar-refractivity contribution is 7.98. The second-order valence-electron chi connectivity index (χ2n) is 8.21. The molecule has 1 saturated heterocycles. The summed E-state index contributed by atoms with van der Waals surface area (Å²) < 4.78 is 14.9. The van der Waals surface area contributed by atoms with Crippen molar-refractivity contribution in [2.24, 2.45) is 0 Å². The number of benzene rings is 2. The van der Waals surface area contributed by atoms with Gasteiger partial charge in [0.1, 0.15) is 0 Å². The van der Waals surface area contributed by atoms with Crippen LogP contribution in [0.25, 0.3) is 0 Å². The lowest BCUT2D eigenvalue weighted by Crippen LogP contribution is -2.37. The SMILES string of the molecule is Cc1cccc(C)c1CSCC1COC(CCc2ccc(Cl)cc2)(Cn2ccnc2)O1. The van der Waals surface area contributed by atoms with Crippen LogP contribution in [0.2, 0.25) is 5.02 Å². The van der Waals surface area contributed by atoms with Crippen molar-refractivity contribution in [1.29, 1.82) is 0 Å². The van der Waals surface area contributed by atoms with Gasteiger partial charge in [-0.1, -0.05) is 41.9 Å². The van der Waals surface area contributed by atoms with Crippen LogP contribution in [0.15, 0.2) is 61.2 Å². The van der Waals surface area contributed by atoms with Crippen molar-refractivity contribution >= 4 is 23.4 Å². The minimum absolute atomic E-state index is 0.0862. The zero-order valence-electron chi connectivity index (χ0n) is 18.1. The number of aromatic nitrogens is 2. The predicted molar refractivity (Wildman–Crippen MR) is 128 cm³/mol. The van der Waals surface area contributed by atoms with E-state index in [1.54, 1.807) is 6.20 Å². The highest BCUT2D eigenvalue weighted by atomic mass is 35.5. The van der Waals surface area contributed by atoms with E-state index in [2.05, 4.69) is 49.2 Å². The molecule has 1 aliphatic rings. The summed E-state index contributed by atoms with van der Waals surface area (Å²) in [4.78, 5) is 4.18. The van der Waals surface area contributed by atoms with E-state index in [-0.39, 0.29) is 6.10 Å². The minimum Gasteiger partial charge on any atom is -0.345 e. The predicted octanol–water partition coefficient (Wildman–Crippen LogP) is 5.83. The number of hydrogen-bond donors (Lipinski definition) is 0. The molecule has 0 N–H and O–H groups in total. The second-order valence-corrected chi connectivity index (χ2v) is 9.68. The molecule has 1 aromatic heterocycles. The average molecular weight is 457 g/mol. The normalized spacial score (nSPS) is 20.9. The number of ether oxygens (including phenoxy) is 2. The van der Waals surface area contributed by atoms with E-state index < -0.39 is 5.79 Å². The molecule has 6 heteroatoms. The summed E-state index contributed by atoms with van der Waals surface area (Å²) in [6, 6.07) is 14.5. The summed E-state index contributed by atoms with van der Waals surface area (Å²) in [7, 11) is 0. The Bertz CT molecular complexity index is 957. The zero-order chi connectivity index (χ0) is 21.7. The molecular weight excluding hydrogens is 428 g/mol. The fourth-order valence-corrected chi connectivity index (χ4v) is 5.34. The van der Waals surface area contributed by atoms with E-state index in [4.69, 9.17) is 21.1 Å². The monoisotopic (exact) mass is 456 g/mol. The summed E-state index contributed by atoms with van der Waals surface area (Å²) in [6.45, 7) is 5.63. The highest BCUT2D eigenvalue weighted by Gasteiger charge is 2.41. The van der Waals surface area contributed by atoms with E-state index in [0.29, 0.717) is 13.2 Å². The van der Waals surface area contributed by atoms with Crippen molar-refractivity contribution in [2.45, 2.75) is 50.9 Å². The average Bonchev–Trinajstić information content (AvgIpc) is 3.41. The Kier molecular flexibility index (Phi) is 7.39. The van der Waals surface area contributed by atoms with E-state index in [1.165, 1.54) is 22.3 Å². The molecule has 0 amide bonds. The van der Waals surface area contributed by atoms with Crippen molar-refractivity contribution in [3.05, 3.63) is 88.5 Å². The van der Waals surface area contributed by atoms with Crippen LogP contribution >= 0.6 is 23.4 Å². The largest absolute Gasteiger partial charge is 0.345 e. The Morgan fingerprint density at radius 1 is 1.16 bits per heavy atom. The molecule has 1 fully saturated rings. The Labute approximate surface area is 193 Å². The van der Waals surface area contributed by atoms with Gasteiger partial charge in [-0.3, -0.25) is 0 Å². The summed E-state index contributed by atoms with van der Waals surface area (Å²) in [5.41, 5.74) is 5.37. The summed E-state index contributed by atoms with van der Waals surface area (Å²) in [6.07, 6.45) is 7.31. The van der Waals surface area contributed by atoms with E-state index in [1.807, 2.05) is 41.0 Å². The number of imidazole rings is 1. The lowest BCUT2D eigenvalue weighted by molar-refractivity contribution is -0.180. The molecule has 1 aliphatic heterocycles. The van der Waals surface area contributed by atoms with Crippen LogP contribution in [0.3, 0.4) is 0 Å². The highest BCUT2D eigenvalue weighted by Crippen LogP contribution is 2.33. The Hall–Kier alpha value is -1.79. The third-order valence-electron chi connectivity index (χ3n) is 5.80. The van der Waals surface area contributed by atoms with E-state index >= 15 is 0 Å². The molecule has 2 heterocycles. The van der Waals surface area contributed by atoms with Crippen LogP contribution in [0.5, 0.6) is 0 Å². The molecule has 2 unspecified atom stereocenters. The second kappa shape index (κ2) is 10.2. The first-order valence-corrected chi connectivity index (χ1v) is 12.2. The Morgan fingerprint density at radius 2 is 1.94 bits per heavy atom. The van der Waals surface area contributed by atoms with Gasteiger partial charge in [-0.25, -0.2) is 4.98 Å².